The van der Waals surface area contributed by atoms with E-state index in [1.165, 1.54) is 12.1 Å². The zero-order valence-electron chi connectivity index (χ0n) is 20.9. The molecule has 1 saturated heterocycles. The summed E-state index contributed by atoms with van der Waals surface area (Å²) in [6.07, 6.45) is 2.28. The number of fused-ring (bicyclic) bond motifs is 1. The third kappa shape index (κ3) is 5.40. The average molecular weight is 505 g/mol. The van der Waals surface area contributed by atoms with Crippen LogP contribution in [0.15, 0.2) is 65.3 Å². The van der Waals surface area contributed by atoms with Gasteiger partial charge < -0.3 is 25.4 Å². The third-order valence-corrected chi connectivity index (χ3v) is 7.41. The first-order chi connectivity index (χ1) is 17.6. The first kappa shape index (κ1) is 26.8. The van der Waals surface area contributed by atoms with Gasteiger partial charge in [-0.2, -0.15) is 0 Å². The second kappa shape index (κ2) is 11.0. The van der Waals surface area contributed by atoms with E-state index in [1.54, 1.807) is 30.3 Å². The van der Waals surface area contributed by atoms with E-state index < -0.39 is 42.8 Å². The Morgan fingerprint density at radius 3 is 2.54 bits per heavy atom. The normalized spacial score (nSPS) is 22.9. The number of carbonyl (C=O) groups is 2. The SMILES string of the molecule is CC1=C([C@H](O)CC/C(C)=C/c2cccc(O)c2)[C@H](CO)[C@@H]2C(=O)N(c3cccc(B(O)O)c3)C(=O)[C@@H]2C1. The maximum atomic E-state index is 13.5. The molecule has 1 aliphatic carbocycles. The molecule has 37 heavy (non-hydrogen) atoms. The molecule has 0 unspecified atom stereocenters. The topological polar surface area (TPSA) is 139 Å². The van der Waals surface area contributed by atoms with Gasteiger partial charge in [0.2, 0.25) is 11.8 Å². The summed E-state index contributed by atoms with van der Waals surface area (Å²) in [5, 5.41) is 50.2. The summed E-state index contributed by atoms with van der Waals surface area (Å²) < 4.78 is 0. The first-order valence-corrected chi connectivity index (χ1v) is 12.4. The lowest BCUT2D eigenvalue weighted by atomic mass is 9.68. The molecule has 0 aromatic heterocycles. The number of anilines is 1. The average Bonchev–Trinajstić information content (AvgIpc) is 3.10. The van der Waals surface area contributed by atoms with E-state index in [0.717, 1.165) is 21.6 Å². The lowest BCUT2D eigenvalue weighted by molar-refractivity contribution is -0.123. The number of aromatic hydroxyl groups is 1. The van der Waals surface area contributed by atoms with Crippen LogP contribution in [-0.2, 0) is 9.59 Å². The molecule has 2 aromatic rings. The predicted octanol–water partition coefficient (Wildman–Crippen LogP) is 1.75. The molecule has 1 fully saturated rings. The minimum Gasteiger partial charge on any atom is -0.508 e. The third-order valence-electron chi connectivity index (χ3n) is 7.41. The largest absolute Gasteiger partial charge is 0.508 e. The molecule has 194 valence electrons. The van der Waals surface area contributed by atoms with Gasteiger partial charge in [-0.15, -0.1) is 0 Å². The first-order valence-electron chi connectivity index (χ1n) is 12.4. The Labute approximate surface area is 216 Å². The van der Waals surface area contributed by atoms with Gasteiger partial charge in [-0.1, -0.05) is 41.5 Å². The van der Waals surface area contributed by atoms with E-state index >= 15 is 0 Å². The second-order valence-corrected chi connectivity index (χ2v) is 9.98. The van der Waals surface area contributed by atoms with Gasteiger partial charge in [0, 0.05) is 5.92 Å². The fourth-order valence-corrected chi connectivity index (χ4v) is 5.69. The Kier molecular flexibility index (Phi) is 7.99. The molecule has 2 aliphatic rings. The minimum atomic E-state index is -1.74. The van der Waals surface area contributed by atoms with Crippen molar-refractivity contribution < 1.29 is 35.0 Å². The second-order valence-electron chi connectivity index (χ2n) is 9.98. The number of nitrogens with zero attached hydrogens (tertiary/aromatic N) is 1. The molecule has 2 aromatic carbocycles. The van der Waals surface area contributed by atoms with Crippen LogP contribution in [0.2, 0.25) is 0 Å². The summed E-state index contributed by atoms with van der Waals surface area (Å²) in [6, 6.07) is 12.9. The van der Waals surface area contributed by atoms with Crippen LogP contribution in [0.4, 0.5) is 5.69 Å². The van der Waals surface area contributed by atoms with E-state index in [-0.39, 0.29) is 23.5 Å². The van der Waals surface area contributed by atoms with Crippen molar-refractivity contribution >= 4 is 36.2 Å². The van der Waals surface area contributed by atoms with Crippen molar-refractivity contribution in [2.75, 3.05) is 11.5 Å². The van der Waals surface area contributed by atoms with Crippen LogP contribution in [0, 0.1) is 17.8 Å². The number of carbonyl (C=O) groups excluding carboxylic acids is 2. The van der Waals surface area contributed by atoms with E-state index in [0.29, 0.717) is 24.8 Å². The Balaban J connectivity index is 1.54. The van der Waals surface area contributed by atoms with Crippen molar-refractivity contribution in [1.29, 1.82) is 0 Å². The highest BCUT2D eigenvalue weighted by atomic mass is 16.4. The number of aliphatic hydroxyl groups excluding tert-OH is 2. The number of amides is 2. The van der Waals surface area contributed by atoms with Crippen molar-refractivity contribution in [3.05, 3.63) is 70.8 Å². The number of rotatable bonds is 8. The summed E-state index contributed by atoms with van der Waals surface area (Å²) in [4.78, 5) is 27.9. The number of imide groups is 1. The Bertz CT molecular complexity index is 1250. The van der Waals surface area contributed by atoms with Crippen LogP contribution in [0.5, 0.6) is 5.75 Å². The highest BCUT2D eigenvalue weighted by Gasteiger charge is 2.54. The zero-order valence-corrected chi connectivity index (χ0v) is 20.9. The number of phenols is 1. The summed E-state index contributed by atoms with van der Waals surface area (Å²) >= 11 is 0. The number of phenolic OH excluding ortho intramolecular Hbond substituents is 1. The monoisotopic (exact) mass is 505 g/mol. The number of hydrogen-bond acceptors (Lipinski definition) is 7. The quantitative estimate of drug-likeness (QED) is 0.209. The lowest BCUT2D eigenvalue weighted by Gasteiger charge is -2.35. The van der Waals surface area contributed by atoms with Gasteiger partial charge in [-0.3, -0.25) is 14.5 Å². The molecule has 8 nitrogen and oxygen atoms in total. The summed E-state index contributed by atoms with van der Waals surface area (Å²) in [7, 11) is -1.74. The minimum absolute atomic E-state index is 0.159. The molecule has 9 heteroatoms. The van der Waals surface area contributed by atoms with Gasteiger partial charge in [-0.05, 0) is 74.0 Å². The van der Waals surface area contributed by atoms with Crippen LogP contribution in [0.1, 0.15) is 38.7 Å². The number of hydrogen-bond donors (Lipinski definition) is 5. The predicted molar refractivity (Wildman–Crippen MR) is 141 cm³/mol. The molecular formula is C28H32BNO7. The standard InChI is InChI=1S/C28H32BNO7/c1-16(11-18-5-3-8-21(32)13-18)9-10-24(33)25-17(2)12-22-26(23(25)15-31)28(35)30(27(22)34)20-7-4-6-19(14-20)29(36)37/h3-8,11,13-14,22-24,26,31-33,36-37H,9-10,12,15H2,1-2H3/b16-11+/t22-,23+,24-,26-/m1/s1. The molecule has 1 heterocycles. The zero-order chi connectivity index (χ0) is 26.9. The summed E-state index contributed by atoms with van der Waals surface area (Å²) in [6.45, 7) is 3.38. The van der Waals surface area contributed by atoms with Crippen LogP contribution >= 0.6 is 0 Å². The summed E-state index contributed by atoms with van der Waals surface area (Å²) in [5.41, 5.74) is 3.66. The molecule has 0 bridgehead atoms. The molecule has 0 spiro atoms. The van der Waals surface area contributed by atoms with Gasteiger partial charge in [0.1, 0.15) is 5.75 Å². The van der Waals surface area contributed by atoms with Crippen LogP contribution < -0.4 is 10.4 Å². The van der Waals surface area contributed by atoms with E-state index in [1.807, 2.05) is 26.0 Å². The van der Waals surface area contributed by atoms with Crippen molar-refractivity contribution in [3.8, 4) is 5.75 Å². The fraction of sp³-hybridized carbons (Fsp3) is 0.357. The van der Waals surface area contributed by atoms with Crippen molar-refractivity contribution in [1.82, 2.24) is 0 Å². The smallest absolute Gasteiger partial charge is 0.488 e. The van der Waals surface area contributed by atoms with Crippen LogP contribution in [0.3, 0.4) is 0 Å². The van der Waals surface area contributed by atoms with Crippen molar-refractivity contribution in [2.45, 2.75) is 39.2 Å². The Morgan fingerprint density at radius 2 is 1.86 bits per heavy atom. The summed E-state index contributed by atoms with van der Waals surface area (Å²) in [5.74, 6) is -2.84. The highest BCUT2D eigenvalue weighted by molar-refractivity contribution is 6.58. The van der Waals surface area contributed by atoms with Crippen LogP contribution in [-0.4, -0.2) is 57.0 Å². The molecule has 2 amide bonds. The highest BCUT2D eigenvalue weighted by Crippen LogP contribution is 2.47. The van der Waals surface area contributed by atoms with E-state index in [4.69, 9.17) is 0 Å². The van der Waals surface area contributed by atoms with Gasteiger partial charge >= 0.3 is 7.12 Å². The molecule has 4 rings (SSSR count). The molecule has 0 saturated carbocycles. The van der Waals surface area contributed by atoms with Crippen LogP contribution in [0.25, 0.3) is 6.08 Å². The molecule has 0 radical (unpaired) electrons. The Morgan fingerprint density at radius 1 is 1.14 bits per heavy atom. The number of aliphatic hydroxyl groups is 2. The van der Waals surface area contributed by atoms with E-state index in [2.05, 4.69) is 0 Å². The van der Waals surface area contributed by atoms with Gasteiger partial charge in [0.05, 0.1) is 30.2 Å². The molecule has 5 N–H and O–H groups in total. The fourth-order valence-electron chi connectivity index (χ4n) is 5.69. The number of benzene rings is 2. The van der Waals surface area contributed by atoms with Gasteiger partial charge in [0.15, 0.2) is 0 Å². The van der Waals surface area contributed by atoms with Gasteiger partial charge in [-0.25, -0.2) is 0 Å². The number of allylic oxidation sites excluding steroid dienone is 2. The van der Waals surface area contributed by atoms with Gasteiger partial charge in [0.25, 0.3) is 0 Å². The Hall–Kier alpha value is -3.24. The maximum absolute atomic E-state index is 13.5. The molecule has 1 aliphatic heterocycles. The lowest BCUT2D eigenvalue weighted by Crippen LogP contribution is -2.39. The van der Waals surface area contributed by atoms with E-state index in [9.17, 15) is 35.0 Å². The molecular weight excluding hydrogens is 473 g/mol. The maximum Gasteiger partial charge on any atom is 0.488 e. The van der Waals surface area contributed by atoms with Crippen molar-refractivity contribution in [3.63, 3.8) is 0 Å². The molecule has 4 atom stereocenters. The van der Waals surface area contributed by atoms with Crippen molar-refractivity contribution in [2.24, 2.45) is 17.8 Å².